The lowest BCUT2D eigenvalue weighted by Crippen LogP contribution is -2.66. The van der Waals surface area contributed by atoms with Crippen LogP contribution in [-0.2, 0) is 0 Å². The van der Waals surface area contributed by atoms with Gasteiger partial charge in [0.25, 0.3) is 0 Å². The van der Waals surface area contributed by atoms with Gasteiger partial charge in [0.05, 0.1) is 18.7 Å². The molecule has 2 N–H and O–H groups in total. The second kappa shape index (κ2) is 9.20. The Bertz CT molecular complexity index is 1030. The summed E-state index contributed by atoms with van der Waals surface area (Å²) in [4.78, 5) is 14.0. The first kappa shape index (κ1) is 20.9. The molecule has 158 valence electrons. The number of nitrogens with one attached hydrogen (secondary N) is 1. The molecule has 6 heteroatoms. The van der Waals surface area contributed by atoms with Crippen LogP contribution < -0.4 is 5.32 Å². The fraction of sp³-hybridized carbons (Fsp3) is 0.360. The highest BCUT2D eigenvalue weighted by Crippen LogP contribution is 2.40. The summed E-state index contributed by atoms with van der Waals surface area (Å²) >= 11 is 0. The number of nitriles is 1. The van der Waals surface area contributed by atoms with E-state index >= 15 is 0 Å². The predicted octanol–water partition coefficient (Wildman–Crippen LogP) is 4.25. The Morgan fingerprint density at radius 1 is 1.13 bits per heavy atom. The molecular formula is C25H24FN3O2. The SMILES string of the molecule is N#C[C@H]1[C@@H](c2ccc(C#CC3CCCC3)cc2)[C@@H](CO)N1C(=O)Nc1ccc(F)cc1. The largest absolute Gasteiger partial charge is 0.394 e. The van der Waals surface area contributed by atoms with E-state index < -0.39 is 23.9 Å². The standard InChI is InChI=1S/C25H24FN3O2/c26-20-11-13-21(14-12-20)28-25(31)29-22(15-27)24(23(29)16-30)19-9-7-18(8-10-19)6-5-17-3-1-2-4-17/h7-14,17,22-24,30H,1-4,16H2,(H,28,31)/t22-,23+,24+/m0/s1. The van der Waals surface area contributed by atoms with Gasteiger partial charge < -0.3 is 15.3 Å². The molecule has 1 aliphatic heterocycles. The van der Waals surface area contributed by atoms with Crippen LogP contribution in [-0.4, -0.2) is 34.7 Å². The van der Waals surface area contributed by atoms with Gasteiger partial charge in [-0.25, -0.2) is 9.18 Å². The number of aliphatic hydroxyl groups excluding tert-OH is 1. The molecule has 2 aromatic rings. The van der Waals surface area contributed by atoms with Crippen molar-refractivity contribution in [3.8, 4) is 17.9 Å². The highest BCUT2D eigenvalue weighted by molar-refractivity contribution is 5.91. The molecule has 1 saturated heterocycles. The Hall–Kier alpha value is -3.35. The van der Waals surface area contributed by atoms with Crippen LogP contribution in [0.25, 0.3) is 0 Å². The number of anilines is 1. The Labute approximate surface area is 181 Å². The summed E-state index contributed by atoms with van der Waals surface area (Å²) in [5, 5.41) is 22.3. The Morgan fingerprint density at radius 2 is 1.81 bits per heavy atom. The summed E-state index contributed by atoms with van der Waals surface area (Å²) in [5.74, 6) is 6.37. The maximum atomic E-state index is 13.1. The van der Waals surface area contributed by atoms with E-state index in [-0.39, 0.29) is 12.5 Å². The van der Waals surface area contributed by atoms with E-state index in [1.807, 2.05) is 24.3 Å². The lowest BCUT2D eigenvalue weighted by atomic mass is 9.76. The third kappa shape index (κ3) is 4.40. The third-order valence-electron chi connectivity index (χ3n) is 6.13. The number of hydrogen-bond acceptors (Lipinski definition) is 3. The monoisotopic (exact) mass is 417 g/mol. The topological polar surface area (TPSA) is 76.4 Å². The van der Waals surface area contributed by atoms with Gasteiger partial charge in [-0.1, -0.05) is 36.8 Å². The number of aliphatic hydroxyl groups is 1. The van der Waals surface area contributed by atoms with E-state index in [1.165, 1.54) is 54.8 Å². The van der Waals surface area contributed by atoms with E-state index in [4.69, 9.17) is 0 Å². The lowest BCUT2D eigenvalue weighted by molar-refractivity contribution is 0.0224. The summed E-state index contributed by atoms with van der Waals surface area (Å²) in [7, 11) is 0. The second-order valence-electron chi connectivity index (χ2n) is 8.07. The average molecular weight is 417 g/mol. The van der Waals surface area contributed by atoms with Crippen LogP contribution in [0.5, 0.6) is 0 Å². The van der Waals surface area contributed by atoms with Crippen molar-refractivity contribution in [1.29, 1.82) is 5.26 Å². The summed E-state index contributed by atoms with van der Waals surface area (Å²) in [6.45, 7) is -0.261. The molecule has 1 saturated carbocycles. The van der Waals surface area contributed by atoms with Gasteiger partial charge in [0.2, 0.25) is 0 Å². The number of nitrogens with zero attached hydrogens (tertiary/aromatic N) is 2. The van der Waals surface area contributed by atoms with Crippen molar-refractivity contribution in [3.63, 3.8) is 0 Å². The van der Waals surface area contributed by atoms with Crippen molar-refractivity contribution in [3.05, 3.63) is 65.5 Å². The first-order valence-corrected chi connectivity index (χ1v) is 10.6. The van der Waals surface area contributed by atoms with Gasteiger partial charge in [-0.15, -0.1) is 0 Å². The quantitative estimate of drug-likeness (QED) is 0.733. The summed E-state index contributed by atoms with van der Waals surface area (Å²) < 4.78 is 13.1. The van der Waals surface area contributed by atoms with Gasteiger partial charge >= 0.3 is 6.03 Å². The molecule has 2 amide bonds. The fourth-order valence-electron chi connectivity index (χ4n) is 4.45. The van der Waals surface area contributed by atoms with Crippen molar-refractivity contribution in [2.24, 2.45) is 5.92 Å². The molecule has 1 aliphatic carbocycles. The Morgan fingerprint density at radius 3 is 2.42 bits per heavy atom. The van der Waals surface area contributed by atoms with E-state index in [2.05, 4.69) is 23.2 Å². The van der Waals surface area contributed by atoms with Gasteiger partial charge in [-0.2, -0.15) is 5.26 Å². The van der Waals surface area contributed by atoms with Gasteiger partial charge in [0.1, 0.15) is 11.9 Å². The van der Waals surface area contributed by atoms with Gasteiger partial charge in [-0.05, 0) is 54.8 Å². The molecule has 1 heterocycles. The van der Waals surface area contributed by atoms with Crippen LogP contribution in [0, 0.1) is 34.9 Å². The zero-order chi connectivity index (χ0) is 21.8. The minimum absolute atomic E-state index is 0.261. The fourth-order valence-corrected chi connectivity index (χ4v) is 4.45. The normalized spacial score (nSPS) is 22.7. The highest BCUT2D eigenvalue weighted by Gasteiger charge is 2.51. The first-order valence-electron chi connectivity index (χ1n) is 10.6. The predicted molar refractivity (Wildman–Crippen MR) is 116 cm³/mol. The average Bonchev–Trinajstić information content (AvgIpc) is 3.28. The summed E-state index contributed by atoms with van der Waals surface area (Å²) in [6.07, 6.45) is 4.85. The molecule has 2 aromatic carbocycles. The number of hydrogen-bond donors (Lipinski definition) is 2. The number of amides is 2. The maximum absolute atomic E-state index is 13.1. The molecule has 2 fully saturated rings. The molecule has 0 bridgehead atoms. The minimum Gasteiger partial charge on any atom is -0.394 e. The summed E-state index contributed by atoms with van der Waals surface area (Å²) in [6, 6.07) is 13.6. The van der Waals surface area contributed by atoms with Crippen LogP contribution in [0.1, 0.15) is 42.7 Å². The van der Waals surface area contributed by atoms with Crippen LogP contribution in [0.3, 0.4) is 0 Å². The molecule has 3 atom stereocenters. The molecule has 5 nitrogen and oxygen atoms in total. The van der Waals surface area contributed by atoms with Crippen molar-refractivity contribution < 1.29 is 14.3 Å². The van der Waals surface area contributed by atoms with Gasteiger partial charge in [-0.3, -0.25) is 0 Å². The number of likely N-dealkylation sites (tertiary alicyclic amines) is 1. The summed E-state index contributed by atoms with van der Waals surface area (Å²) in [5.41, 5.74) is 2.24. The zero-order valence-electron chi connectivity index (χ0n) is 17.1. The molecule has 0 unspecified atom stereocenters. The number of halogens is 1. The van der Waals surface area contributed by atoms with Crippen LogP contribution in [0.4, 0.5) is 14.9 Å². The molecule has 0 radical (unpaired) electrons. The zero-order valence-corrected chi connectivity index (χ0v) is 17.1. The number of carbonyl (C=O) groups excluding carboxylic acids is 1. The highest BCUT2D eigenvalue weighted by atomic mass is 19.1. The first-order chi connectivity index (χ1) is 15.1. The molecule has 31 heavy (non-hydrogen) atoms. The van der Waals surface area contributed by atoms with Gasteiger partial charge in [0, 0.05) is 23.1 Å². The number of benzene rings is 2. The van der Waals surface area contributed by atoms with E-state index in [0.29, 0.717) is 11.6 Å². The molecule has 0 spiro atoms. The number of rotatable bonds is 3. The van der Waals surface area contributed by atoms with E-state index in [0.717, 1.165) is 11.1 Å². The van der Waals surface area contributed by atoms with Crippen molar-refractivity contribution >= 4 is 11.7 Å². The Balaban J connectivity index is 1.46. The molecule has 2 aliphatic rings. The number of carbonyl (C=O) groups is 1. The van der Waals surface area contributed by atoms with E-state index in [1.54, 1.807) is 0 Å². The smallest absolute Gasteiger partial charge is 0.323 e. The minimum atomic E-state index is -0.701. The van der Waals surface area contributed by atoms with Crippen molar-refractivity contribution in [1.82, 2.24) is 4.90 Å². The van der Waals surface area contributed by atoms with Crippen LogP contribution in [0.15, 0.2) is 48.5 Å². The third-order valence-corrected chi connectivity index (χ3v) is 6.13. The molecule has 0 aromatic heterocycles. The maximum Gasteiger partial charge on any atom is 0.323 e. The molecule has 4 rings (SSSR count). The van der Waals surface area contributed by atoms with E-state index in [9.17, 15) is 19.6 Å². The van der Waals surface area contributed by atoms with Gasteiger partial charge in [0.15, 0.2) is 0 Å². The number of urea groups is 1. The Kier molecular flexibility index (Phi) is 6.21. The van der Waals surface area contributed by atoms with Crippen LogP contribution >= 0.6 is 0 Å². The van der Waals surface area contributed by atoms with Crippen molar-refractivity contribution in [2.75, 3.05) is 11.9 Å². The second-order valence-corrected chi connectivity index (χ2v) is 8.07. The van der Waals surface area contributed by atoms with Crippen LogP contribution in [0.2, 0.25) is 0 Å². The molecular weight excluding hydrogens is 393 g/mol. The lowest BCUT2D eigenvalue weighted by Gasteiger charge is -2.51. The van der Waals surface area contributed by atoms with Crippen molar-refractivity contribution in [2.45, 2.75) is 43.7 Å².